The van der Waals surface area contributed by atoms with Crippen LogP contribution in [0.4, 0.5) is 0 Å². The summed E-state index contributed by atoms with van der Waals surface area (Å²) in [7, 11) is -1.06. The first-order valence-electron chi connectivity index (χ1n) is 6.33. The SMILES string of the molecule is CC1CN(C)CCC1NS(=O)(=O)CCCCN. The summed E-state index contributed by atoms with van der Waals surface area (Å²) in [4.78, 5) is 2.24. The Kier molecular flexibility index (Phi) is 5.85. The van der Waals surface area contributed by atoms with Gasteiger partial charge in [0.2, 0.25) is 10.0 Å². The average molecular weight is 263 g/mol. The summed E-state index contributed by atoms with van der Waals surface area (Å²) < 4.78 is 26.5. The van der Waals surface area contributed by atoms with E-state index < -0.39 is 10.0 Å². The molecule has 17 heavy (non-hydrogen) atoms. The third-order valence-electron chi connectivity index (χ3n) is 3.31. The molecule has 6 heteroatoms. The molecule has 0 radical (unpaired) electrons. The largest absolute Gasteiger partial charge is 0.330 e. The highest BCUT2D eigenvalue weighted by atomic mass is 32.2. The summed E-state index contributed by atoms with van der Waals surface area (Å²) in [5.41, 5.74) is 5.36. The normalized spacial score (nSPS) is 27.2. The number of nitrogens with zero attached hydrogens (tertiary/aromatic N) is 1. The van der Waals surface area contributed by atoms with E-state index in [9.17, 15) is 8.42 Å². The van der Waals surface area contributed by atoms with Gasteiger partial charge >= 0.3 is 0 Å². The van der Waals surface area contributed by atoms with Crippen LogP contribution >= 0.6 is 0 Å². The number of likely N-dealkylation sites (tertiary alicyclic amines) is 1. The standard InChI is InChI=1S/C11H25N3O2S/c1-10-9-14(2)7-5-11(10)13-17(15,16)8-4-3-6-12/h10-11,13H,3-9,12H2,1-2H3. The molecule has 102 valence electrons. The van der Waals surface area contributed by atoms with Crippen molar-refractivity contribution in [2.45, 2.75) is 32.2 Å². The minimum absolute atomic E-state index is 0.0917. The predicted octanol–water partition coefficient (Wildman–Crippen LogP) is -0.0151. The average Bonchev–Trinajstić information content (AvgIpc) is 2.22. The van der Waals surface area contributed by atoms with Gasteiger partial charge in [-0.25, -0.2) is 13.1 Å². The lowest BCUT2D eigenvalue weighted by atomic mass is 9.95. The number of nitrogens with one attached hydrogen (secondary N) is 1. The molecular formula is C11H25N3O2S. The number of hydrogen-bond acceptors (Lipinski definition) is 4. The zero-order chi connectivity index (χ0) is 12.9. The number of rotatable bonds is 6. The van der Waals surface area contributed by atoms with Crippen molar-refractivity contribution in [3.05, 3.63) is 0 Å². The quantitative estimate of drug-likeness (QED) is 0.661. The highest BCUT2D eigenvalue weighted by Crippen LogP contribution is 2.16. The second kappa shape index (κ2) is 6.68. The van der Waals surface area contributed by atoms with Crippen LogP contribution < -0.4 is 10.5 Å². The fourth-order valence-corrected chi connectivity index (χ4v) is 3.77. The number of piperidine rings is 1. The van der Waals surface area contributed by atoms with E-state index in [4.69, 9.17) is 5.73 Å². The minimum atomic E-state index is -3.13. The Labute approximate surface area is 105 Å². The highest BCUT2D eigenvalue weighted by Gasteiger charge is 2.27. The van der Waals surface area contributed by atoms with E-state index in [0.29, 0.717) is 18.9 Å². The number of hydrogen-bond donors (Lipinski definition) is 2. The molecule has 0 aromatic heterocycles. The van der Waals surface area contributed by atoms with Gasteiger partial charge in [0.05, 0.1) is 5.75 Å². The van der Waals surface area contributed by atoms with E-state index in [0.717, 1.165) is 25.9 Å². The van der Waals surface area contributed by atoms with Crippen molar-refractivity contribution in [1.82, 2.24) is 9.62 Å². The minimum Gasteiger partial charge on any atom is -0.330 e. The Hall–Kier alpha value is -0.170. The van der Waals surface area contributed by atoms with Gasteiger partial charge in [-0.3, -0.25) is 0 Å². The molecule has 0 saturated carbocycles. The molecule has 0 aliphatic carbocycles. The van der Waals surface area contributed by atoms with E-state index in [2.05, 4.69) is 23.6 Å². The molecule has 1 rings (SSSR count). The second-order valence-electron chi connectivity index (χ2n) is 5.07. The van der Waals surface area contributed by atoms with Gasteiger partial charge in [0.15, 0.2) is 0 Å². The molecule has 0 aromatic rings. The van der Waals surface area contributed by atoms with Gasteiger partial charge < -0.3 is 10.6 Å². The Morgan fingerprint density at radius 3 is 2.71 bits per heavy atom. The number of unbranched alkanes of at least 4 members (excludes halogenated alkanes) is 1. The van der Waals surface area contributed by atoms with Gasteiger partial charge in [-0.15, -0.1) is 0 Å². The maximum Gasteiger partial charge on any atom is 0.211 e. The van der Waals surface area contributed by atoms with Crippen LogP contribution in [0.25, 0.3) is 0 Å². The van der Waals surface area contributed by atoms with Crippen molar-refractivity contribution in [2.24, 2.45) is 11.7 Å². The Balaban J connectivity index is 2.41. The van der Waals surface area contributed by atoms with E-state index in [1.165, 1.54) is 0 Å². The molecule has 1 aliphatic heterocycles. The molecule has 0 bridgehead atoms. The first-order valence-corrected chi connectivity index (χ1v) is 7.98. The van der Waals surface area contributed by atoms with Crippen LogP contribution in [-0.2, 0) is 10.0 Å². The summed E-state index contributed by atoms with van der Waals surface area (Å²) in [5.74, 6) is 0.571. The molecule has 1 fully saturated rings. The van der Waals surface area contributed by atoms with Gasteiger partial charge in [-0.05, 0) is 45.3 Å². The molecule has 0 amide bonds. The molecule has 0 spiro atoms. The third kappa shape index (κ3) is 5.33. The van der Waals surface area contributed by atoms with Crippen LogP contribution in [0.15, 0.2) is 0 Å². The molecule has 1 aliphatic rings. The fourth-order valence-electron chi connectivity index (χ4n) is 2.26. The van der Waals surface area contributed by atoms with Crippen molar-refractivity contribution < 1.29 is 8.42 Å². The van der Waals surface area contributed by atoms with Crippen molar-refractivity contribution in [3.8, 4) is 0 Å². The lowest BCUT2D eigenvalue weighted by Gasteiger charge is -2.34. The zero-order valence-corrected chi connectivity index (χ0v) is 11.7. The van der Waals surface area contributed by atoms with Crippen LogP contribution in [-0.4, -0.2) is 51.8 Å². The fraction of sp³-hybridized carbons (Fsp3) is 1.00. The summed E-state index contributed by atoms with van der Waals surface area (Å²) in [5, 5.41) is 0. The second-order valence-corrected chi connectivity index (χ2v) is 6.94. The topological polar surface area (TPSA) is 75.4 Å². The molecule has 5 nitrogen and oxygen atoms in total. The van der Waals surface area contributed by atoms with Crippen molar-refractivity contribution in [1.29, 1.82) is 0 Å². The highest BCUT2D eigenvalue weighted by molar-refractivity contribution is 7.89. The molecular weight excluding hydrogens is 238 g/mol. The van der Waals surface area contributed by atoms with Crippen LogP contribution in [0.2, 0.25) is 0 Å². The monoisotopic (exact) mass is 263 g/mol. The smallest absolute Gasteiger partial charge is 0.211 e. The van der Waals surface area contributed by atoms with E-state index >= 15 is 0 Å². The van der Waals surface area contributed by atoms with Crippen LogP contribution in [0, 0.1) is 5.92 Å². The molecule has 1 saturated heterocycles. The van der Waals surface area contributed by atoms with Crippen LogP contribution in [0.5, 0.6) is 0 Å². The van der Waals surface area contributed by atoms with Crippen molar-refractivity contribution >= 4 is 10.0 Å². The van der Waals surface area contributed by atoms with Gasteiger partial charge in [0.1, 0.15) is 0 Å². The van der Waals surface area contributed by atoms with Crippen LogP contribution in [0.3, 0.4) is 0 Å². The number of nitrogens with two attached hydrogens (primary N) is 1. The van der Waals surface area contributed by atoms with E-state index in [-0.39, 0.29) is 11.8 Å². The number of sulfonamides is 1. The lowest BCUT2D eigenvalue weighted by molar-refractivity contribution is 0.188. The van der Waals surface area contributed by atoms with E-state index in [1.54, 1.807) is 0 Å². The maximum absolute atomic E-state index is 11.8. The summed E-state index contributed by atoms with van der Waals surface area (Å²) in [6.45, 7) is 4.57. The van der Waals surface area contributed by atoms with Gasteiger partial charge in [-0.2, -0.15) is 0 Å². The molecule has 2 unspecified atom stereocenters. The summed E-state index contributed by atoms with van der Waals surface area (Å²) in [6.07, 6.45) is 2.31. The first kappa shape index (κ1) is 14.9. The lowest BCUT2D eigenvalue weighted by Crippen LogP contribution is -2.49. The van der Waals surface area contributed by atoms with Gasteiger partial charge in [0.25, 0.3) is 0 Å². The van der Waals surface area contributed by atoms with Crippen molar-refractivity contribution in [3.63, 3.8) is 0 Å². The Bertz CT molecular complexity index is 319. The Morgan fingerprint density at radius 1 is 1.41 bits per heavy atom. The summed E-state index contributed by atoms with van der Waals surface area (Å²) in [6, 6.07) is 0.0917. The maximum atomic E-state index is 11.8. The Morgan fingerprint density at radius 2 is 2.12 bits per heavy atom. The van der Waals surface area contributed by atoms with E-state index in [1.807, 2.05) is 0 Å². The van der Waals surface area contributed by atoms with Crippen molar-refractivity contribution in [2.75, 3.05) is 32.4 Å². The molecule has 3 N–H and O–H groups in total. The zero-order valence-electron chi connectivity index (χ0n) is 10.9. The summed E-state index contributed by atoms with van der Waals surface area (Å²) >= 11 is 0. The molecule has 0 aromatic carbocycles. The van der Waals surface area contributed by atoms with Gasteiger partial charge in [-0.1, -0.05) is 6.92 Å². The first-order chi connectivity index (χ1) is 7.94. The van der Waals surface area contributed by atoms with Crippen LogP contribution in [0.1, 0.15) is 26.2 Å². The molecule has 1 heterocycles. The molecule has 2 atom stereocenters. The van der Waals surface area contributed by atoms with Gasteiger partial charge in [0, 0.05) is 12.6 Å². The predicted molar refractivity (Wildman–Crippen MR) is 70.3 cm³/mol. The third-order valence-corrected chi connectivity index (χ3v) is 4.79.